The largest absolute Gasteiger partial charge is 0.381 e. The third kappa shape index (κ3) is 2.25. The number of nitrogens with two attached hydrogens (primary N) is 1. The summed E-state index contributed by atoms with van der Waals surface area (Å²) in [5.41, 5.74) is 8.68. The van der Waals surface area contributed by atoms with Crippen molar-refractivity contribution in [2.75, 3.05) is 25.1 Å². The molecule has 3 nitrogen and oxygen atoms in total. The highest BCUT2D eigenvalue weighted by atomic mass is 16.5. The molecule has 0 radical (unpaired) electrons. The highest BCUT2D eigenvalue weighted by molar-refractivity contribution is 5.51. The van der Waals surface area contributed by atoms with Crippen molar-refractivity contribution in [2.24, 2.45) is 5.73 Å². The average Bonchev–Trinajstić information content (AvgIpc) is 2.35. The minimum Gasteiger partial charge on any atom is -0.381 e. The Morgan fingerprint density at radius 3 is 2.39 bits per heavy atom. The molecule has 0 heterocycles. The van der Waals surface area contributed by atoms with Crippen LogP contribution in [0.2, 0.25) is 0 Å². The molecule has 18 heavy (non-hydrogen) atoms. The second-order valence-electron chi connectivity index (χ2n) is 5.27. The Morgan fingerprint density at radius 1 is 1.33 bits per heavy atom. The first-order chi connectivity index (χ1) is 8.65. The van der Waals surface area contributed by atoms with Gasteiger partial charge in [-0.3, -0.25) is 0 Å². The molecule has 3 heteroatoms. The minimum atomic E-state index is 0.0880. The number of nitrogens with zero attached hydrogens (tertiary/aromatic N) is 1. The van der Waals surface area contributed by atoms with Crippen molar-refractivity contribution in [3.8, 4) is 0 Å². The Balaban J connectivity index is 2.20. The monoisotopic (exact) mass is 248 g/mol. The Morgan fingerprint density at radius 2 is 1.94 bits per heavy atom. The number of hydrogen-bond acceptors (Lipinski definition) is 3. The fourth-order valence-corrected chi connectivity index (χ4v) is 2.97. The fourth-order valence-electron chi connectivity index (χ4n) is 2.97. The molecule has 0 unspecified atom stereocenters. The molecule has 2 rings (SSSR count). The quantitative estimate of drug-likeness (QED) is 0.869. The fraction of sp³-hybridized carbons (Fsp3) is 0.600. The van der Waals surface area contributed by atoms with E-state index in [1.807, 2.05) is 0 Å². The maximum absolute atomic E-state index is 6.03. The summed E-state index contributed by atoms with van der Waals surface area (Å²) in [6.07, 6.45) is 2.43. The van der Waals surface area contributed by atoms with Crippen LogP contribution in [0, 0.1) is 6.92 Å². The first-order valence-corrected chi connectivity index (χ1v) is 6.72. The van der Waals surface area contributed by atoms with Crippen molar-refractivity contribution >= 4 is 5.69 Å². The van der Waals surface area contributed by atoms with Crippen LogP contribution in [0.25, 0.3) is 0 Å². The summed E-state index contributed by atoms with van der Waals surface area (Å²) in [5, 5.41) is 0. The van der Waals surface area contributed by atoms with Gasteiger partial charge >= 0.3 is 0 Å². The molecule has 1 aromatic rings. The average molecular weight is 248 g/mol. The zero-order chi connectivity index (χ0) is 13.2. The smallest absolute Gasteiger partial charge is 0.0617 e. The second-order valence-corrected chi connectivity index (χ2v) is 5.27. The summed E-state index contributed by atoms with van der Waals surface area (Å²) < 4.78 is 5.41. The van der Waals surface area contributed by atoms with Gasteiger partial charge in [-0.05, 0) is 38.8 Å². The van der Waals surface area contributed by atoms with E-state index in [0.29, 0.717) is 12.6 Å². The topological polar surface area (TPSA) is 38.5 Å². The van der Waals surface area contributed by atoms with E-state index in [2.05, 4.69) is 43.0 Å². The zero-order valence-electron chi connectivity index (χ0n) is 11.6. The molecule has 1 aromatic carbocycles. The van der Waals surface area contributed by atoms with Gasteiger partial charge in [0, 0.05) is 25.9 Å². The van der Waals surface area contributed by atoms with E-state index in [1.165, 1.54) is 11.3 Å². The molecule has 0 aliphatic heterocycles. The third-order valence-electron chi connectivity index (χ3n) is 4.16. The highest BCUT2D eigenvalue weighted by Gasteiger charge is 2.47. The normalized spacial score (nSPS) is 26.8. The SMILES string of the molecule is CCN(c1ccc(C)cc1)C1(CN)CC(OC)C1. The van der Waals surface area contributed by atoms with Gasteiger partial charge < -0.3 is 15.4 Å². The van der Waals surface area contributed by atoms with Crippen LogP contribution in [0.1, 0.15) is 25.3 Å². The van der Waals surface area contributed by atoms with Crippen LogP contribution in [0.3, 0.4) is 0 Å². The number of likely N-dealkylation sites (N-methyl/N-ethyl adjacent to an activating group) is 1. The standard InChI is InChI=1S/C15H24N2O/c1-4-17(13-7-5-12(2)6-8-13)15(11-16)9-14(10-15)18-3/h5-8,14H,4,9-11,16H2,1-3H3. The molecule has 2 N–H and O–H groups in total. The summed E-state index contributed by atoms with van der Waals surface area (Å²) >= 11 is 0. The van der Waals surface area contributed by atoms with Gasteiger partial charge in [-0.25, -0.2) is 0 Å². The van der Waals surface area contributed by atoms with Crippen LogP contribution in [0.5, 0.6) is 0 Å². The van der Waals surface area contributed by atoms with Crippen LogP contribution in [-0.2, 0) is 4.74 Å². The minimum absolute atomic E-state index is 0.0880. The first-order valence-electron chi connectivity index (χ1n) is 6.72. The number of hydrogen-bond donors (Lipinski definition) is 1. The van der Waals surface area contributed by atoms with E-state index in [4.69, 9.17) is 10.5 Å². The predicted molar refractivity (Wildman–Crippen MR) is 76.0 cm³/mol. The zero-order valence-corrected chi connectivity index (χ0v) is 11.6. The molecule has 1 saturated carbocycles. The van der Waals surface area contributed by atoms with E-state index in [9.17, 15) is 0 Å². The molecule has 0 spiro atoms. The number of aryl methyl sites for hydroxylation is 1. The molecule has 0 bridgehead atoms. The van der Waals surface area contributed by atoms with Crippen molar-refractivity contribution < 1.29 is 4.74 Å². The molecular formula is C15H24N2O. The van der Waals surface area contributed by atoms with Gasteiger partial charge in [0.05, 0.1) is 11.6 Å². The molecule has 1 aliphatic rings. The summed E-state index contributed by atoms with van der Waals surface area (Å²) in [6, 6.07) is 8.70. The lowest BCUT2D eigenvalue weighted by Gasteiger charge is -2.54. The molecule has 0 amide bonds. The van der Waals surface area contributed by atoms with Gasteiger partial charge in [0.2, 0.25) is 0 Å². The lowest BCUT2D eigenvalue weighted by atomic mass is 9.72. The predicted octanol–water partition coefficient (Wildman–Crippen LogP) is 2.33. The molecule has 0 aromatic heterocycles. The lowest BCUT2D eigenvalue weighted by molar-refractivity contribution is -0.0138. The van der Waals surface area contributed by atoms with Crippen molar-refractivity contribution in [2.45, 2.75) is 38.3 Å². The van der Waals surface area contributed by atoms with Crippen LogP contribution < -0.4 is 10.6 Å². The molecule has 0 atom stereocenters. The van der Waals surface area contributed by atoms with Crippen molar-refractivity contribution in [1.29, 1.82) is 0 Å². The van der Waals surface area contributed by atoms with E-state index >= 15 is 0 Å². The van der Waals surface area contributed by atoms with E-state index in [0.717, 1.165) is 19.4 Å². The third-order valence-corrected chi connectivity index (χ3v) is 4.16. The Bertz CT molecular complexity index is 382. The summed E-state index contributed by atoms with van der Waals surface area (Å²) in [5.74, 6) is 0. The Labute approximate surface area is 110 Å². The number of methoxy groups -OCH3 is 1. The molecule has 1 aliphatic carbocycles. The van der Waals surface area contributed by atoms with Crippen LogP contribution in [-0.4, -0.2) is 31.8 Å². The number of anilines is 1. The molecule has 1 fully saturated rings. The van der Waals surface area contributed by atoms with Crippen LogP contribution in [0.15, 0.2) is 24.3 Å². The van der Waals surface area contributed by atoms with Crippen molar-refractivity contribution in [3.63, 3.8) is 0 Å². The maximum Gasteiger partial charge on any atom is 0.0617 e. The van der Waals surface area contributed by atoms with Gasteiger partial charge in [0.25, 0.3) is 0 Å². The van der Waals surface area contributed by atoms with Gasteiger partial charge in [0.15, 0.2) is 0 Å². The van der Waals surface area contributed by atoms with Gasteiger partial charge in [-0.15, -0.1) is 0 Å². The van der Waals surface area contributed by atoms with Gasteiger partial charge in [-0.2, -0.15) is 0 Å². The maximum atomic E-state index is 6.03. The number of ether oxygens (including phenoxy) is 1. The van der Waals surface area contributed by atoms with E-state index < -0.39 is 0 Å². The van der Waals surface area contributed by atoms with E-state index in [-0.39, 0.29) is 5.54 Å². The molecular weight excluding hydrogens is 224 g/mol. The summed E-state index contributed by atoms with van der Waals surface area (Å²) in [4.78, 5) is 2.43. The molecule has 0 saturated heterocycles. The second kappa shape index (κ2) is 5.29. The highest BCUT2D eigenvalue weighted by Crippen LogP contribution is 2.41. The number of benzene rings is 1. The lowest BCUT2D eigenvalue weighted by Crippen LogP contribution is -2.64. The number of rotatable bonds is 5. The van der Waals surface area contributed by atoms with Crippen LogP contribution in [0.4, 0.5) is 5.69 Å². The van der Waals surface area contributed by atoms with Crippen molar-refractivity contribution in [3.05, 3.63) is 29.8 Å². The van der Waals surface area contributed by atoms with Gasteiger partial charge in [-0.1, -0.05) is 17.7 Å². The summed E-state index contributed by atoms with van der Waals surface area (Å²) in [7, 11) is 1.78. The van der Waals surface area contributed by atoms with Crippen molar-refractivity contribution in [1.82, 2.24) is 0 Å². The molecule has 100 valence electrons. The summed E-state index contributed by atoms with van der Waals surface area (Å²) in [6.45, 7) is 5.98. The van der Waals surface area contributed by atoms with Crippen LogP contribution >= 0.6 is 0 Å². The van der Waals surface area contributed by atoms with Gasteiger partial charge in [0.1, 0.15) is 0 Å². The first kappa shape index (κ1) is 13.4. The Hall–Kier alpha value is -1.06. The Kier molecular flexibility index (Phi) is 3.93. The van der Waals surface area contributed by atoms with E-state index in [1.54, 1.807) is 7.11 Å².